The summed E-state index contributed by atoms with van der Waals surface area (Å²) in [5.74, 6) is -1.56. The summed E-state index contributed by atoms with van der Waals surface area (Å²) < 4.78 is 55.6. The van der Waals surface area contributed by atoms with Crippen LogP contribution in [0.1, 0.15) is 17.3 Å². The summed E-state index contributed by atoms with van der Waals surface area (Å²) >= 11 is 0. The number of pyridine rings is 1. The van der Waals surface area contributed by atoms with Crippen molar-refractivity contribution in [2.24, 2.45) is 12.8 Å². The summed E-state index contributed by atoms with van der Waals surface area (Å²) in [4.78, 5) is 4.08. The van der Waals surface area contributed by atoms with Crippen LogP contribution in [0.3, 0.4) is 0 Å². The van der Waals surface area contributed by atoms with E-state index < -0.39 is 27.7 Å². The largest absolute Gasteiger partial charge is 0.323 e. The van der Waals surface area contributed by atoms with Crippen LogP contribution in [-0.4, -0.2) is 29.7 Å². The van der Waals surface area contributed by atoms with Gasteiger partial charge in [-0.2, -0.15) is 5.10 Å². The third-order valence-corrected chi connectivity index (χ3v) is 5.39. The molecule has 0 saturated heterocycles. The van der Waals surface area contributed by atoms with E-state index in [1.54, 1.807) is 18.7 Å². The number of nitrogens with one attached hydrogen (secondary N) is 1. The number of hydrogen-bond acceptors (Lipinski definition) is 5. The van der Waals surface area contributed by atoms with Gasteiger partial charge in [-0.1, -0.05) is 6.07 Å². The molecule has 138 valence electrons. The van der Waals surface area contributed by atoms with E-state index in [0.29, 0.717) is 22.8 Å². The molecule has 3 aromatic rings. The maximum Gasteiger partial charge on any atom is 0.242 e. The Kier molecular flexibility index (Phi) is 4.74. The molecule has 1 atom stereocenters. The molecular weight excluding hydrogens is 364 g/mol. The van der Waals surface area contributed by atoms with Crippen LogP contribution in [0, 0.1) is 18.6 Å². The van der Waals surface area contributed by atoms with Gasteiger partial charge in [0.1, 0.15) is 16.5 Å². The highest BCUT2D eigenvalue weighted by Crippen LogP contribution is 2.20. The van der Waals surface area contributed by atoms with Gasteiger partial charge in [-0.15, -0.1) is 0 Å². The smallest absolute Gasteiger partial charge is 0.242 e. The number of aromatic nitrogens is 3. The molecular formula is C16H17F2N5O2S. The Morgan fingerprint density at radius 2 is 2.04 bits per heavy atom. The predicted molar refractivity (Wildman–Crippen MR) is 91.7 cm³/mol. The summed E-state index contributed by atoms with van der Waals surface area (Å²) in [7, 11) is -2.20. The van der Waals surface area contributed by atoms with Crippen molar-refractivity contribution in [3.05, 3.63) is 53.4 Å². The molecule has 0 bridgehead atoms. The molecule has 0 radical (unpaired) electrons. The maximum absolute atomic E-state index is 13.7. The second-order valence-corrected chi connectivity index (χ2v) is 7.64. The molecule has 26 heavy (non-hydrogen) atoms. The zero-order chi connectivity index (χ0) is 19.1. The fourth-order valence-electron chi connectivity index (χ4n) is 2.63. The van der Waals surface area contributed by atoms with Crippen molar-refractivity contribution in [2.75, 3.05) is 6.54 Å². The number of rotatable bonds is 5. The Bertz CT molecular complexity index is 1080. The van der Waals surface area contributed by atoms with Crippen molar-refractivity contribution >= 4 is 21.1 Å². The van der Waals surface area contributed by atoms with Gasteiger partial charge in [0, 0.05) is 42.8 Å². The predicted octanol–water partition coefficient (Wildman–Crippen LogP) is 1.53. The lowest BCUT2D eigenvalue weighted by molar-refractivity contribution is 0.543. The quantitative estimate of drug-likeness (QED) is 0.698. The minimum atomic E-state index is -3.91. The van der Waals surface area contributed by atoms with Gasteiger partial charge in [-0.05, 0) is 19.1 Å². The molecule has 3 N–H and O–H groups in total. The molecule has 0 saturated carbocycles. The van der Waals surface area contributed by atoms with E-state index in [4.69, 9.17) is 5.73 Å². The Hall–Kier alpha value is -2.43. The van der Waals surface area contributed by atoms with Crippen LogP contribution >= 0.6 is 0 Å². The summed E-state index contributed by atoms with van der Waals surface area (Å²) in [6.07, 6.45) is 1.22. The molecule has 10 heteroatoms. The standard InChI is InChI=1S/C16H17F2N5O2S/c1-9-13-6-11(7-20-16(13)23(2)22-9)26(24,25)21-8-15(19)12-4-3-10(17)5-14(12)18/h3-7,15,21H,8,19H2,1-2H3/t15-/m0/s1. The lowest BCUT2D eigenvalue weighted by atomic mass is 10.1. The van der Waals surface area contributed by atoms with E-state index in [2.05, 4.69) is 14.8 Å². The molecule has 0 aliphatic carbocycles. The molecule has 2 heterocycles. The van der Waals surface area contributed by atoms with E-state index in [9.17, 15) is 17.2 Å². The first-order valence-corrected chi connectivity index (χ1v) is 9.17. The summed E-state index contributed by atoms with van der Waals surface area (Å²) in [6.45, 7) is 1.50. The number of sulfonamides is 1. The average Bonchev–Trinajstić information content (AvgIpc) is 2.87. The number of fused-ring (bicyclic) bond motifs is 1. The fourth-order valence-corrected chi connectivity index (χ4v) is 3.66. The lowest BCUT2D eigenvalue weighted by Crippen LogP contribution is -2.32. The van der Waals surface area contributed by atoms with Crippen LogP contribution in [0.4, 0.5) is 8.78 Å². The lowest BCUT2D eigenvalue weighted by Gasteiger charge is -2.14. The number of benzene rings is 1. The van der Waals surface area contributed by atoms with E-state index in [1.807, 2.05) is 0 Å². The first kappa shape index (κ1) is 18.4. The van der Waals surface area contributed by atoms with Crippen LogP contribution in [0.2, 0.25) is 0 Å². The van der Waals surface area contributed by atoms with E-state index in [0.717, 1.165) is 6.07 Å². The zero-order valence-corrected chi connectivity index (χ0v) is 14.9. The first-order chi connectivity index (χ1) is 12.2. The SMILES string of the molecule is Cc1nn(C)c2ncc(S(=O)(=O)NC[C@H](N)c3ccc(F)cc3F)cc12. The van der Waals surface area contributed by atoms with E-state index in [-0.39, 0.29) is 17.0 Å². The molecule has 7 nitrogen and oxygen atoms in total. The van der Waals surface area contributed by atoms with Crippen LogP contribution in [0.5, 0.6) is 0 Å². The summed E-state index contributed by atoms with van der Waals surface area (Å²) in [6, 6.07) is 3.46. The number of aryl methyl sites for hydroxylation is 2. The molecule has 0 aliphatic heterocycles. The van der Waals surface area contributed by atoms with Crippen LogP contribution in [-0.2, 0) is 17.1 Å². The van der Waals surface area contributed by atoms with Gasteiger partial charge in [-0.25, -0.2) is 26.9 Å². The Morgan fingerprint density at radius 1 is 1.31 bits per heavy atom. The number of halogens is 2. The highest BCUT2D eigenvalue weighted by atomic mass is 32.2. The molecule has 0 aliphatic rings. The van der Waals surface area contributed by atoms with Crippen LogP contribution in [0.25, 0.3) is 11.0 Å². The van der Waals surface area contributed by atoms with Crippen molar-refractivity contribution < 1.29 is 17.2 Å². The Morgan fingerprint density at radius 3 is 2.73 bits per heavy atom. The molecule has 0 fully saturated rings. The van der Waals surface area contributed by atoms with Crippen molar-refractivity contribution in [2.45, 2.75) is 17.9 Å². The summed E-state index contributed by atoms with van der Waals surface area (Å²) in [5, 5.41) is 4.81. The number of hydrogen-bond donors (Lipinski definition) is 2. The highest BCUT2D eigenvalue weighted by Gasteiger charge is 2.20. The highest BCUT2D eigenvalue weighted by molar-refractivity contribution is 7.89. The molecule has 0 amide bonds. The minimum absolute atomic E-state index is 0.0192. The second kappa shape index (κ2) is 6.71. The molecule has 0 unspecified atom stereocenters. The molecule has 0 spiro atoms. The summed E-state index contributed by atoms with van der Waals surface area (Å²) in [5.41, 5.74) is 7.06. The molecule has 1 aromatic carbocycles. The second-order valence-electron chi connectivity index (χ2n) is 5.88. The average molecular weight is 381 g/mol. The van der Waals surface area contributed by atoms with Crippen molar-refractivity contribution in [3.63, 3.8) is 0 Å². The van der Waals surface area contributed by atoms with E-state index in [1.165, 1.54) is 18.3 Å². The zero-order valence-electron chi connectivity index (χ0n) is 14.1. The van der Waals surface area contributed by atoms with Gasteiger partial charge in [0.15, 0.2) is 5.65 Å². The van der Waals surface area contributed by atoms with Gasteiger partial charge >= 0.3 is 0 Å². The fraction of sp³-hybridized carbons (Fsp3) is 0.250. The van der Waals surface area contributed by atoms with Gasteiger partial charge in [0.2, 0.25) is 10.0 Å². The monoisotopic (exact) mass is 381 g/mol. The van der Waals surface area contributed by atoms with Crippen molar-refractivity contribution in [3.8, 4) is 0 Å². The molecule has 2 aromatic heterocycles. The van der Waals surface area contributed by atoms with E-state index >= 15 is 0 Å². The van der Waals surface area contributed by atoms with Crippen molar-refractivity contribution in [1.29, 1.82) is 0 Å². The number of nitrogens with two attached hydrogens (primary N) is 1. The van der Waals surface area contributed by atoms with Gasteiger partial charge in [-0.3, -0.25) is 4.68 Å². The first-order valence-electron chi connectivity index (χ1n) is 7.68. The van der Waals surface area contributed by atoms with Crippen LogP contribution in [0.15, 0.2) is 35.4 Å². The third-order valence-electron chi connectivity index (χ3n) is 4.00. The van der Waals surface area contributed by atoms with Crippen molar-refractivity contribution in [1.82, 2.24) is 19.5 Å². The number of nitrogens with zero attached hydrogens (tertiary/aromatic N) is 3. The van der Waals surface area contributed by atoms with Gasteiger partial charge in [0.25, 0.3) is 0 Å². The van der Waals surface area contributed by atoms with Crippen LogP contribution < -0.4 is 10.5 Å². The Balaban J connectivity index is 1.81. The maximum atomic E-state index is 13.7. The Labute approximate surface area is 148 Å². The third kappa shape index (κ3) is 3.43. The minimum Gasteiger partial charge on any atom is -0.323 e. The molecule has 3 rings (SSSR count). The normalized spacial score (nSPS) is 13.3. The van der Waals surface area contributed by atoms with Gasteiger partial charge in [0.05, 0.1) is 5.69 Å². The van der Waals surface area contributed by atoms with Gasteiger partial charge < -0.3 is 5.73 Å². The topological polar surface area (TPSA) is 103 Å².